The number of aryl methyl sites for hydroxylation is 1. The summed E-state index contributed by atoms with van der Waals surface area (Å²) in [5.41, 5.74) is 1.18. The van der Waals surface area contributed by atoms with Gasteiger partial charge in [0.15, 0.2) is 0 Å². The highest BCUT2D eigenvalue weighted by Crippen LogP contribution is 2.11. The molecule has 0 fully saturated rings. The van der Waals surface area contributed by atoms with Crippen LogP contribution in [0.15, 0.2) is 24.3 Å². The van der Waals surface area contributed by atoms with E-state index in [2.05, 4.69) is 12.0 Å². The number of benzene rings is 1. The van der Waals surface area contributed by atoms with Crippen LogP contribution < -0.4 is 4.74 Å². The molecule has 1 aromatic carbocycles. The van der Waals surface area contributed by atoms with Crippen molar-refractivity contribution >= 4 is 0 Å². The smallest absolute Gasteiger partial charge is 0.140 e. The third kappa shape index (κ3) is 2.35. The van der Waals surface area contributed by atoms with E-state index < -0.39 is 0 Å². The summed E-state index contributed by atoms with van der Waals surface area (Å²) in [5.74, 6) is 3.47. The number of ether oxygens (including phenoxy) is 1. The molecule has 0 aliphatic heterocycles. The first-order chi connectivity index (χ1) is 5.33. The molecule has 0 saturated heterocycles. The van der Waals surface area contributed by atoms with Gasteiger partial charge in [-0.25, -0.2) is 0 Å². The van der Waals surface area contributed by atoms with Gasteiger partial charge in [0.1, 0.15) is 11.9 Å². The van der Waals surface area contributed by atoms with Crippen molar-refractivity contribution in [1.29, 1.82) is 0 Å². The molecule has 0 N–H and O–H groups in total. The van der Waals surface area contributed by atoms with Crippen LogP contribution in [0.1, 0.15) is 12.5 Å². The van der Waals surface area contributed by atoms with Crippen LogP contribution in [0.25, 0.3) is 0 Å². The molecule has 0 atom stereocenters. The molecule has 56 valence electrons. The second kappa shape index (κ2) is 3.68. The molecule has 0 aliphatic carbocycles. The van der Waals surface area contributed by atoms with Gasteiger partial charge in [0.2, 0.25) is 0 Å². The Morgan fingerprint density at radius 2 is 2.18 bits per heavy atom. The van der Waals surface area contributed by atoms with Gasteiger partial charge in [-0.3, -0.25) is 0 Å². The van der Waals surface area contributed by atoms with E-state index in [-0.39, 0.29) is 0 Å². The maximum Gasteiger partial charge on any atom is 0.140 e. The van der Waals surface area contributed by atoms with Crippen LogP contribution in [0, 0.1) is 19.0 Å². The Labute approximate surface area is 67.0 Å². The second-order valence-corrected chi connectivity index (χ2v) is 2.27. The van der Waals surface area contributed by atoms with Gasteiger partial charge in [0.05, 0.1) is 0 Å². The zero-order chi connectivity index (χ0) is 8.10. The van der Waals surface area contributed by atoms with Crippen molar-refractivity contribution in [2.75, 3.05) is 0 Å². The molecule has 0 heterocycles. The lowest BCUT2D eigenvalue weighted by molar-refractivity contribution is 0.519. The zero-order valence-electron chi connectivity index (χ0n) is 6.72. The fourth-order valence-electron chi connectivity index (χ4n) is 0.789. The topological polar surface area (TPSA) is 9.23 Å². The number of hydrogen-bond acceptors (Lipinski definition) is 1. The van der Waals surface area contributed by atoms with Gasteiger partial charge in [0, 0.05) is 6.92 Å². The Kier molecular flexibility index (Phi) is 2.57. The van der Waals surface area contributed by atoms with Crippen molar-refractivity contribution in [2.24, 2.45) is 0 Å². The first kappa shape index (κ1) is 7.68. The molecule has 1 aromatic rings. The average Bonchev–Trinajstić information content (AvgIpc) is 2.01. The monoisotopic (exact) mass is 146 g/mol. The quantitative estimate of drug-likeness (QED) is 0.552. The predicted molar refractivity (Wildman–Crippen MR) is 45.3 cm³/mol. The van der Waals surface area contributed by atoms with Crippen molar-refractivity contribution in [2.45, 2.75) is 13.8 Å². The number of hydrogen-bond donors (Lipinski definition) is 0. The Hall–Kier alpha value is -1.42. The summed E-state index contributed by atoms with van der Waals surface area (Å²) in [5, 5.41) is 0. The summed E-state index contributed by atoms with van der Waals surface area (Å²) >= 11 is 0. The third-order valence-corrected chi connectivity index (χ3v) is 1.26. The minimum Gasteiger partial charge on any atom is -0.408 e. The van der Waals surface area contributed by atoms with Gasteiger partial charge in [-0.05, 0) is 24.6 Å². The van der Waals surface area contributed by atoms with Crippen LogP contribution in [0.4, 0.5) is 0 Å². The molecule has 0 aliphatic rings. The third-order valence-electron chi connectivity index (χ3n) is 1.26. The van der Waals surface area contributed by atoms with Crippen LogP contribution in [-0.4, -0.2) is 0 Å². The van der Waals surface area contributed by atoms with E-state index in [0.29, 0.717) is 0 Å². The van der Waals surface area contributed by atoms with E-state index in [9.17, 15) is 0 Å². The number of rotatable bonds is 1. The van der Waals surface area contributed by atoms with E-state index in [1.54, 1.807) is 6.92 Å². The first-order valence-electron chi connectivity index (χ1n) is 3.48. The summed E-state index contributed by atoms with van der Waals surface area (Å²) in [6, 6.07) is 7.80. The van der Waals surface area contributed by atoms with Crippen molar-refractivity contribution in [1.82, 2.24) is 0 Å². The lowest BCUT2D eigenvalue weighted by Gasteiger charge is -1.96. The molecule has 1 nitrogen and oxygen atoms in total. The van der Waals surface area contributed by atoms with E-state index >= 15 is 0 Å². The average molecular weight is 146 g/mol. The van der Waals surface area contributed by atoms with Crippen LogP contribution in [0.3, 0.4) is 0 Å². The summed E-state index contributed by atoms with van der Waals surface area (Å²) in [6.07, 6.45) is 2.54. The molecule has 0 saturated carbocycles. The Morgan fingerprint density at radius 1 is 1.36 bits per heavy atom. The summed E-state index contributed by atoms with van der Waals surface area (Å²) in [4.78, 5) is 0. The normalized spacial score (nSPS) is 8.18. The Bertz CT molecular complexity index is 291. The molecular weight excluding hydrogens is 136 g/mol. The molecule has 11 heavy (non-hydrogen) atoms. The Morgan fingerprint density at radius 3 is 2.82 bits per heavy atom. The van der Waals surface area contributed by atoms with Crippen LogP contribution >= 0.6 is 0 Å². The van der Waals surface area contributed by atoms with Gasteiger partial charge in [-0.2, -0.15) is 0 Å². The minimum absolute atomic E-state index is 0.805. The minimum atomic E-state index is 0.805. The van der Waals surface area contributed by atoms with Crippen molar-refractivity contribution in [3.8, 4) is 17.8 Å². The Balaban J connectivity index is 2.76. The predicted octanol–water partition coefficient (Wildman–Crippen LogP) is 2.35. The lowest BCUT2D eigenvalue weighted by Crippen LogP contribution is -1.81. The van der Waals surface area contributed by atoms with Crippen molar-refractivity contribution in [3.05, 3.63) is 29.8 Å². The lowest BCUT2D eigenvalue weighted by atomic mass is 10.2. The van der Waals surface area contributed by atoms with Crippen LogP contribution in [0.2, 0.25) is 0 Å². The fraction of sp³-hybridized carbons (Fsp3) is 0.200. The highest BCUT2D eigenvalue weighted by molar-refractivity contribution is 5.28. The highest BCUT2D eigenvalue weighted by atomic mass is 16.5. The van der Waals surface area contributed by atoms with Crippen LogP contribution in [0.5, 0.6) is 5.75 Å². The molecule has 1 heteroatoms. The van der Waals surface area contributed by atoms with E-state index in [4.69, 9.17) is 4.74 Å². The van der Waals surface area contributed by atoms with Crippen molar-refractivity contribution in [3.63, 3.8) is 0 Å². The fourth-order valence-corrected chi connectivity index (χ4v) is 0.789. The largest absolute Gasteiger partial charge is 0.408 e. The maximum atomic E-state index is 5.07. The van der Waals surface area contributed by atoms with Gasteiger partial charge < -0.3 is 4.74 Å². The molecule has 1 rings (SSSR count). The molecule has 0 bridgehead atoms. The molecule has 0 unspecified atom stereocenters. The summed E-state index contributed by atoms with van der Waals surface area (Å²) in [6.45, 7) is 3.77. The van der Waals surface area contributed by atoms with Crippen molar-refractivity contribution < 1.29 is 4.74 Å². The summed E-state index contributed by atoms with van der Waals surface area (Å²) < 4.78 is 5.07. The van der Waals surface area contributed by atoms with Gasteiger partial charge in [-0.1, -0.05) is 18.1 Å². The molecule has 0 aromatic heterocycles. The van der Waals surface area contributed by atoms with Gasteiger partial charge in [-0.15, -0.1) is 0 Å². The van der Waals surface area contributed by atoms with Gasteiger partial charge >= 0.3 is 0 Å². The molecule has 0 radical (unpaired) electrons. The molecular formula is C10H10O. The highest BCUT2D eigenvalue weighted by Gasteiger charge is 1.89. The maximum absolute atomic E-state index is 5.07. The molecule has 0 amide bonds. The van der Waals surface area contributed by atoms with E-state index in [1.807, 2.05) is 31.2 Å². The second-order valence-electron chi connectivity index (χ2n) is 2.27. The van der Waals surface area contributed by atoms with E-state index in [0.717, 1.165) is 5.75 Å². The first-order valence-corrected chi connectivity index (χ1v) is 3.48. The molecule has 0 spiro atoms. The SMILES string of the molecule is CC#COc1cccc(C)c1. The summed E-state index contributed by atoms with van der Waals surface area (Å²) in [7, 11) is 0. The standard InChI is InChI=1S/C10H10O/c1-3-7-11-10-6-4-5-9(2)8-10/h4-6,8H,1-2H3. The van der Waals surface area contributed by atoms with Gasteiger partial charge in [0.25, 0.3) is 0 Å². The zero-order valence-corrected chi connectivity index (χ0v) is 6.72. The van der Waals surface area contributed by atoms with Crippen LogP contribution in [-0.2, 0) is 0 Å². The van der Waals surface area contributed by atoms with E-state index in [1.165, 1.54) is 5.56 Å².